The van der Waals surface area contributed by atoms with Crippen LogP contribution in [0.25, 0.3) is 98.7 Å². The molecule has 2 heteroatoms. The quantitative estimate of drug-likeness (QED) is 0.105. The summed E-state index contributed by atoms with van der Waals surface area (Å²) in [7, 11) is 0.795. The zero-order valence-corrected chi connectivity index (χ0v) is 46.2. The minimum atomic E-state index is 0. The van der Waals surface area contributed by atoms with Crippen molar-refractivity contribution in [2.45, 2.75) is 40.5 Å². The fourth-order valence-electron chi connectivity index (χ4n) is 10.8. The minimum absolute atomic E-state index is 0. The van der Waals surface area contributed by atoms with Crippen LogP contribution in [0, 0.1) is 17.9 Å². The molecule has 72 heavy (non-hydrogen) atoms. The van der Waals surface area contributed by atoms with Crippen LogP contribution in [0.5, 0.6) is 0 Å². The second-order valence-corrected chi connectivity index (χ2v) is 21.1. The van der Waals surface area contributed by atoms with Gasteiger partial charge in [-0.1, -0.05) is 219 Å². The summed E-state index contributed by atoms with van der Waals surface area (Å²) in [5.41, 5.74) is 16.1. The fraction of sp³-hybridized carbons (Fsp3) is 0.114. The molecule has 12 aromatic carbocycles. The van der Waals surface area contributed by atoms with Crippen molar-refractivity contribution in [3.63, 3.8) is 0 Å². The normalized spacial score (nSPS) is 11.5. The molecule has 12 aromatic rings. The summed E-state index contributed by atoms with van der Waals surface area (Å²) in [5, 5.41) is 13.4. The average Bonchev–Trinajstić information content (AvgIpc) is 4.13. The molecule has 0 atom stereocenters. The molecule has 0 aromatic heterocycles. The van der Waals surface area contributed by atoms with E-state index in [4.69, 9.17) is 0 Å². The first-order valence-corrected chi connectivity index (χ1v) is 26.2. The van der Waals surface area contributed by atoms with Crippen molar-refractivity contribution in [2.75, 3.05) is 0 Å². The van der Waals surface area contributed by atoms with Gasteiger partial charge in [0.2, 0.25) is 0 Å². The summed E-state index contributed by atoms with van der Waals surface area (Å²) in [4.78, 5) is 0. The van der Waals surface area contributed by atoms with E-state index in [9.17, 15) is 0 Å². The Morgan fingerprint density at radius 1 is 0.361 bits per heavy atom. The molecule has 0 unspecified atom stereocenters. The molecule has 0 saturated carbocycles. The van der Waals surface area contributed by atoms with Crippen LogP contribution < -0.4 is 10.4 Å². The van der Waals surface area contributed by atoms with Crippen LogP contribution in [0.3, 0.4) is 0 Å². The van der Waals surface area contributed by atoms with E-state index in [2.05, 4.69) is 264 Å². The molecule has 0 amide bonds. The molecule has 0 N–H and O–H groups in total. The molecule has 0 fully saturated rings. The second-order valence-electron chi connectivity index (χ2n) is 19.8. The Morgan fingerprint density at radius 3 is 1.19 bits per heavy atom. The van der Waals surface area contributed by atoms with Crippen molar-refractivity contribution in [3.05, 3.63) is 254 Å². The van der Waals surface area contributed by atoms with Crippen molar-refractivity contribution in [2.24, 2.45) is 11.8 Å². The molecule has 13 rings (SSSR count). The van der Waals surface area contributed by atoms with Crippen LogP contribution in [-0.4, -0.2) is 9.52 Å². The molecule has 0 spiro atoms. The Labute approximate surface area is 447 Å². The summed E-state index contributed by atoms with van der Waals surface area (Å²) >= 11 is 0. The van der Waals surface area contributed by atoms with Crippen LogP contribution in [0.4, 0.5) is 0 Å². The Balaban J connectivity index is 0.000000132. The maximum Gasteiger partial charge on any atom is 0.0920 e. The van der Waals surface area contributed by atoms with Gasteiger partial charge in [0.1, 0.15) is 0 Å². The van der Waals surface area contributed by atoms with Crippen LogP contribution in [0.15, 0.2) is 237 Å². The average molecular weight is 1100 g/mol. The number of hydrogen-bond acceptors (Lipinski definition) is 0. The third-order valence-corrected chi connectivity index (χ3v) is 15.2. The Bertz CT molecular complexity index is 3560. The number of benzene rings is 10. The number of hydrogen-bond donors (Lipinski definition) is 0. The largest absolute Gasteiger partial charge is 0.184 e. The van der Waals surface area contributed by atoms with Gasteiger partial charge < -0.3 is 0 Å². The number of rotatable bonds is 8. The molecule has 0 nitrogen and oxygen atoms in total. The smallest absolute Gasteiger partial charge is 0.0920 e. The molecule has 0 bridgehead atoms. The third-order valence-electron chi connectivity index (χ3n) is 13.8. The molecule has 1 aliphatic heterocycles. The van der Waals surface area contributed by atoms with Crippen molar-refractivity contribution < 1.29 is 25.8 Å². The number of fused-ring (bicyclic) bond motifs is 7. The maximum atomic E-state index is 3.31. The summed E-state index contributed by atoms with van der Waals surface area (Å²) in [6.45, 7) is 9.14. The van der Waals surface area contributed by atoms with E-state index < -0.39 is 0 Å². The van der Waals surface area contributed by atoms with Crippen molar-refractivity contribution >= 4 is 63.0 Å². The van der Waals surface area contributed by atoms with E-state index in [-0.39, 0.29) is 25.8 Å². The summed E-state index contributed by atoms with van der Waals surface area (Å²) < 4.78 is 0. The van der Waals surface area contributed by atoms with Gasteiger partial charge in [-0.05, 0) is 79.6 Å². The van der Waals surface area contributed by atoms with E-state index in [1.165, 1.54) is 120 Å². The molecule has 348 valence electrons. The van der Waals surface area contributed by atoms with Gasteiger partial charge >= 0.3 is 0 Å². The Morgan fingerprint density at radius 2 is 0.722 bits per heavy atom. The van der Waals surface area contributed by atoms with Crippen LogP contribution in [-0.2, 0) is 38.7 Å². The van der Waals surface area contributed by atoms with Gasteiger partial charge in [0.05, 0.1) is 9.52 Å². The SMILES string of the molecule is CC(C)Cc1cc2c(-c3ccccc3-c3cccc4ccccc34)cccc2[cH-]1.CC(C)Cc1cc2c(-c3ccccc3-c3cccc4ccccc34)cccc2[cH-]1.[Hf].[c-]1cccc2c1[Si]c1ccccc1-2. The van der Waals surface area contributed by atoms with Crippen molar-refractivity contribution in [1.82, 2.24) is 0 Å². The van der Waals surface area contributed by atoms with E-state index in [0.29, 0.717) is 11.8 Å². The van der Waals surface area contributed by atoms with E-state index in [0.717, 1.165) is 22.4 Å². The first-order valence-electron chi connectivity index (χ1n) is 25.2. The van der Waals surface area contributed by atoms with Crippen LogP contribution in [0.1, 0.15) is 38.8 Å². The van der Waals surface area contributed by atoms with Crippen LogP contribution >= 0.6 is 0 Å². The minimum Gasteiger partial charge on any atom is -0.184 e. The summed E-state index contributed by atoms with van der Waals surface area (Å²) in [6.07, 6.45) is 2.25. The first kappa shape index (κ1) is 48.6. The maximum absolute atomic E-state index is 3.31. The van der Waals surface area contributed by atoms with Gasteiger partial charge in [-0.2, -0.15) is 41.6 Å². The van der Waals surface area contributed by atoms with Crippen molar-refractivity contribution in [1.29, 1.82) is 0 Å². The van der Waals surface area contributed by atoms with E-state index >= 15 is 0 Å². The van der Waals surface area contributed by atoms with Gasteiger partial charge in [-0.25, -0.2) is 0 Å². The predicted molar refractivity (Wildman–Crippen MR) is 309 cm³/mol. The molecular weight excluding hydrogens is 1050 g/mol. The topological polar surface area (TPSA) is 0 Å². The first-order chi connectivity index (χ1) is 34.9. The van der Waals surface area contributed by atoms with E-state index in [1.807, 2.05) is 6.07 Å². The predicted octanol–water partition coefficient (Wildman–Crippen LogP) is 17.6. The standard InChI is InChI=1S/2C29H25.C12H7Si.Hf/c2*1-20(2)17-21-18-23-11-8-16-28(29(23)19-21)27-14-6-5-13-26(27)25-15-7-10-22-9-3-4-12-24(22)25;1-3-7-11-9(5-1)10-6-2-4-8-12(10)13-11;/h2*3-16,18-20H,17H2,1-2H3;1-7H;/q3*-1;. The van der Waals surface area contributed by atoms with Gasteiger partial charge in [0.25, 0.3) is 0 Å². The molecule has 0 saturated heterocycles. The molecule has 1 aliphatic rings. The van der Waals surface area contributed by atoms with Gasteiger partial charge in [0.15, 0.2) is 0 Å². The monoisotopic (exact) mass is 1110 g/mol. The van der Waals surface area contributed by atoms with Gasteiger partial charge in [0, 0.05) is 25.8 Å². The summed E-state index contributed by atoms with van der Waals surface area (Å²) in [6, 6.07) is 89.3. The van der Waals surface area contributed by atoms with Gasteiger partial charge in [-0.15, -0.1) is 74.6 Å². The Kier molecular flexibility index (Phi) is 14.7. The zero-order valence-electron chi connectivity index (χ0n) is 41.6. The zero-order chi connectivity index (χ0) is 48.3. The summed E-state index contributed by atoms with van der Waals surface area (Å²) in [5.74, 6) is 1.33. The molecule has 0 aliphatic carbocycles. The molecular formula is C70H57HfSi-3. The third kappa shape index (κ3) is 10.1. The van der Waals surface area contributed by atoms with Crippen LogP contribution in [0.2, 0.25) is 0 Å². The van der Waals surface area contributed by atoms with Gasteiger partial charge in [-0.3, -0.25) is 0 Å². The Hall–Kier alpha value is -6.97. The van der Waals surface area contributed by atoms with Crippen molar-refractivity contribution in [3.8, 4) is 55.6 Å². The fourth-order valence-corrected chi connectivity index (χ4v) is 12.1. The van der Waals surface area contributed by atoms with E-state index in [1.54, 1.807) is 0 Å². The molecule has 1 heterocycles. The molecule has 2 radical (unpaired) electrons. The second kappa shape index (κ2) is 21.8.